The number of anilines is 1. The molecule has 3 rings (SSSR count). The number of benzene rings is 2. The summed E-state index contributed by atoms with van der Waals surface area (Å²) in [5.74, 6) is -0.449. The predicted molar refractivity (Wildman–Crippen MR) is 88.4 cm³/mol. The minimum absolute atomic E-state index is 0.141. The number of hydrogen-bond acceptors (Lipinski definition) is 5. The Morgan fingerprint density at radius 1 is 1.27 bits per heavy atom. The van der Waals surface area contributed by atoms with E-state index in [1.165, 1.54) is 29.5 Å². The molecule has 0 fully saturated rings. The van der Waals surface area contributed by atoms with Gasteiger partial charge in [0.15, 0.2) is 5.13 Å². The Morgan fingerprint density at radius 3 is 2.77 bits per heavy atom. The molecule has 0 aliphatic heterocycles. The maximum Gasteiger partial charge on any atom is 0.270 e. The number of nitrogens with one attached hydrogen (secondary N) is 1. The number of aromatic nitrogens is 1. The topological polar surface area (TPSA) is 85.1 Å². The van der Waals surface area contributed by atoms with Crippen LogP contribution in [-0.4, -0.2) is 15.8 Å². The first-order valence-corrected chi connectivity index (χ1v) is 7.76. The lowest BCUT2D eigenvalue weighted by atomic mass is 10.2. The number of nitrogens with zero attached hydrogens (tertiary/aromatic N) is 2. The van der Waals surface area contributed by atoms with E-state index in [9.17, 15) is 14.9 Å². The van der Waals surface area contributed by atoms with Crippen molar-refractivity contribution >= 4 is 54.2 Å². The molecule has 0 saturated carbocycles. The summed E-state index contributed by atoms with van der Waals surface area (Å²) in [5, 5.41) is 13.9. The van der Waals surface area contributed by atoms with Gasteiger partial charge in [0.2, 0.25) is 0 Å². The number of fused-ring (bicyclic) bond motifs is 1. The van der Waals surface area contributed by atoms with E-state index < -0.39 is 10.8 Å². The fourth-order valence-corrected chi connectivity index (χ4v) is 3.18. The maximum atomic E-state index is 12.3. The molecule has 0 saturated heterocycles. The number of amides is 1. The molecular weight excluding hydrogens is 370 g/mol. The number of nitro groups is 1. The number of hydrogen-bond donors (Lipinski definition) is 1. The van der Waals surface area contributed by atoms with Gasteiger partial charge in [-0.1, -0.05) is 23.5 Å². The highest BCUT2D eigenvalue weighted by Crippen LogP contribution is 2.27. The second-order valence-electron chi connectivity index (χ2n) is 4.36. The predicted octanol–water partition coefficient (Wildman–Crippen LogP) is 4.22. The molecular formula is C14H8BrN3O3S. The van der Waals surface area contributed by atoms with E-state index in [0.717, 1.165) is 10.2 Å². The number of carbonyl (C=O) groups is 1. The van der Waals surface area contributed by atoms with Crippen molar-refractivity contribution in [3.8, 4) is 0 Å². The van der Waals surface area contributed by atoms with Gasteiger partial charge in [-0.05, 0) is 34.1 Å². The molecule has 3 aromatic rings. The first kappa shape index (κ1) is 14.6. The van der Waals surface area contributed by atoms with E-state index in [2.05, 4.69) is 26.2 Å². The summed E-state index contributed by atoms with van der Waals surface area (Å²) in [5.41, 5.74) is 0.840. The van der Waals surface area contributed by atoms with Crippen LogP contribution in [0.25, 0.3) is 10.2 Å². The molecule has 0 unspecified atom stereocenters. The van der Waals surface area contributed by atoms with E-state index in [-0.39, 0.29) is 11.3 Å². The van der Waals surface area contributed by atoms with Crippen molar-refractivity contribution in [2.45, 2.75) is 0 Å². The second kappa shape index (κ2) is 5.82. The number of rotatable bonds is 3. The molecule has 0 aliphatic rings. The molecule has 0 aliphatic carbocycles. The Balaban J connectivity index is 1.91. The van der Waals surface area contributed by atoms with Gasteiger partial charge in [0, 0.05) is 16.6 Å². The number of carbonyl (C=O) groups excluding carboxylic acids is 1. The zero-order valence-corrected chi connectivity index (χ0v) is 13.3. The standard InChI is InChI=1S/C14H8BrN3O3S/c15-10-6-5-8(18(20)21)7-9(10)13(19)17-14-16-11-3-1-2-4-12(11)22-14/h1-7H,(H,16,17,19). The SMILES string of the molecule is O=C(Nc1nc2ccccc2s1)c1cc([N+](=O)[O-])ccc1Br. The Hall–Kier alpha value is -2.32. The summed E-state index contributed by atoms with van der Waals surface area (Å²) >= 11 is 4.57. The molecule has 0 bridgehead atoms. The third-order valence-electron chi connectivity index (χ3n) is 2.92. The molecule has 0 atom stereocenters. The van der Waals surface area contributed by atoms with Crippen molar-refractivity contribution in [2.24, 2.45) is 0 Å². The fourth-order valence-electron chi connectivity index (χ4n) is 1.89. The van der Waals surface area contributed by atoms with Gasteiger partial charge in [0.1, 0.15) is 0 Å². The van der Waals surface area contributed by atoms with Gasteiger partial charge in [0.25, 0.3) is 11.6 Å². The van der Waals surface area contributed by atoms with Gasteiger partial charge in [-0.3, -0.25) is 20.2 Å². The van der Waals surface area contributed by atoms with Crippen LogP contribution in [0.5, 0.6) is 0 Å². The number of para-hydroxylation sites is 1. The Bertz CT molecular complexity index is 861. The molecule has 1 heterocycles. The first-order chi connectivity index (χ1) is 10.5. The van der Waals surface area contributed by atoms with Crippen LogP contribution in [-0.2, 0) is 0 Å². The average molecular weight is 378 g/mol. The van der Waals surface area contributed by atoms with Gasteiger partial charge in [-0.15, -0.1) is 0 Å². The highest BCUT2D eigenvalue weighted by molar-refractivity contribution is 9.10. The van der Waals surface area contributed by atoms with Crippen LogP contribution in [0.4, 0.5) is 10.8 Å². The number of nitro benzene ring substituents is 1. The lowest BCUT2D eigenvalue weighted by molar-refractivity contribution is -0.384. The van der Waals surface area contributed by atoms with Gasteiger partial charge < -0.3 is 0 Å². The maximum absolute atomic E-state index is 12.3. The molecule has 1 amide bonds. The molecule has 110 valence electrons. The third-order valence-corrected chi connectivity index (χ3v) is 4.56. The molecule has 0 radical (unpaired) electrons. The average Bonchev–Trinajstić information content (AvgIpc) is 2.89. The summed E-state index contributed by atoms with van der Waals surface area (Å²) in [6.07, 6.45) is 0. The van der Waals surface area contributed by atoms with Crippen molar-refractivity contribution < 1.29 is 9.72 Å². The lowest BCUT2D eigenvalue weighted by Gasteiger charge is -2.04. The molecule has 6 nitrogen and oxygen atoms in total. The first-order valence-electron chi connectivity index (χ1n) is 6.15. The number of thiazole rings is 1. The van der Waals surface area contributed by atoms with Crippen molar-refractivity contribution in [3.63, 3.8) is 0 Å². The van der Waals surface area contributed by atoms with Crippen LogP contribution in [0.3, 0.4) is 0 Å². The van der Waals surface area contributed by atoms with Crippen LogP contribution in [0.2, 0.25) is 0 Å². The molecule has 2 aromatic carbocycles. The number of non-ortho nitro benzene ring substituents is 1. The largest absolute Gasteiger partial charge is 0.298 e. The van der Waals surface area contributed by atoms with Gasteiger partial charge in [-0.25, -0.2) is 4.98 Å². The van der Waals surface area contributed by atoms with E-state index in [4.69, 9.17) is 0 Å². The van der Waals surface area contributed by atoms with Crippen molar-refractivity contribution in [2.75, 3.05) is 5.32 Å². The van der Waals surface area contributed by atoms with Crippen LogP contribution in [0, 0.1) is 10.1 Å². The second-order valence-corrected chi connectivity index (χ2v) is 6.25. The van der Waals surface area contributed by atoms with E-state index in [1.807, 2.05) is 24.3 Å². The molecule has 22 heavy (non-hydrogen) atoms. The molecule has 0 spiro atoms. The lowest BCUT2D eigenvalue weighted by Crippen LogP contribution is -2.12. The van der Waals surface area contributed by atoms with Crippen LogP contribution >= 0.6 is 27.3 Å². The fraction of sp³-hybridized carbons (Fsp3) is 0. The van der Waals surface area contributed by atoms with Gasteiger partial charge in [-0.2, -0.15) is 0 Å². The summed E-state index contributed by atoms with van der Waals surface area (Å²) in [6, 6.07) is 11.6. The number of halogens is 1. The summed E-state index contributed by atoms with van der Waals surface area (Å²) in [7, 11) is 0. The van der Waals surface area contributed by atoms with Crippen molar-refractivity contribution in [3.05, 3.63) is 62.6 Å². The monoisotopic (exact) mass is 377 g/mol. The smallest absolute Gasteiger partial charge is 0.270 e. The van der Waals surface area contributed by atoms with Crippen LogP contribution in [0.15, 0.2) is 46.9 Å². The summed E-state index contributed by atoms with van der Waals surface area (Å²) < 4.78 is 1.44. The zero-order chi connectivity index (χ0) is 15.7. The van der Waals surface area contributed by atoms with E-state index in [1.54, 1.807) is 0 Å². The molecule has 1 N–H and O–H groups in total. The minimum atomic E-state index is -0.541. The Morgan fingerprint density at radius 2 is 2.05 bits per heavy atom. The third kappa shape index (κ3) is 2.83. The zero-order valence-electron chi connectivity index (χ0n) is 10.9. The highest BCUT2D eigenvalue weighted by atomic mass is 79.9. The summed E-state index contributed by atoms with van der Waals surface area (Å²) in [4.78, 5) is 26.9. The molecule has 8 heteroatoms. The van der Waals surface area contributed by atoms with Crippen molar-refractivity contribution in [1.82, 2.24) is 4.98 Å². The highest BCUT2D eigenvalue weighted by Gasteiger charge is 2.17. The van der Waals surface area contributed by atoms with E-state index in [0.29, 0.717) is 9.60 Å². The normalized spacial score (nSPS) is 10.6. The minimum Gasteiger partial charge on any atom is -0.298 e. The Kier molecular flexibility index (Phi) is 3.86. The van der Waals surface area contributed by atoms with Crippen LogP contribution in [0.1, 0.15) is 10.4 Å². The van der Waals surface area contributed by atoms with Crippen molar-refractivity contribution in [1.29, 1.82) is 0 Å². The van der Waals surface area contributed by atoms with E-state index >= 15 is 0 Å². The van der Waals surface area contributed by atoms with Gasteiger partial charge in [0.05, 0.1) is 20.7 Å². The van der Waals surface area contributed by atoms with Gasteiger partial charge >= 0.3 is 0 Å². The van der Waals surface area contributed by atoms with Crippen LogP contribution < -0.4 is 5.32 Å². The Labute approximate surface area is 137 Å². The quantitative estimate of drug-likeness (QED) is 0.546. The molecule has 1 aromatic heterocycles. The summed E-state index contributed by atoms with van der Waals surface area (Å²) in [6.45, 7) is 0.